The molecule has 1 N–H and O–H groups in total. The molecule has 126 valence electrons. The van der Waals surface area contributed by atoms with Crippen molar-refractivity contribution in [1.29, 1.82) is 0 Å². The van der Waals surface area contributed by atoms with Crippen molar-refractivity contribution in [3.05, 3.63) is 34.6 Å². The standard InChI is InChI=1S/C14H18ClN3O4S/c1-9-13(14(15)18(2)17-9)23(19,20)16-8-10-5-6-11(21-3)7-12(10)22-4/h5-7,16H,8H2,1-4H3. The fourth-order valence-corrected chi connectivity index (χ4v) is 3.91. The Balaban J connectivity index is 2.26. The zero-order chi connectivity index (χ0) is 17.2. The van der Waals surface area contributed by atoms with Gasteiger partial charge in [-0.15, -0.1) is 0 Å². The third-order valence-corrected chi connectivity index (χ3v) is 5.41. The van der Waals surface area contributed by atoms with Crippen molar-refractivity contribution in [3.8, 4) is 11.5 Å². The number of hydrogen-bond donors (Lipinski definition) is 1. The maximum atomic E-state index is 12.5. The number of benzene rings is 1. The predicted octanol–water partition coefficient (Wildman–Crippen LogP) is 1.88. The summed E-state index contributed by atoms with van der Waals surface area (Å²) >= 11 is 6.02. The average Bonchev–Trinajstić information content (AvgIpc) is 2.78. The fourth-order valence-electron chi connectivity index (χ4n) is 2.16. The van der Waals surface area contributed by atoms with Gasteiger partial charge in [-0.05, 0) is 13.0 Å². The number of rotatable bonds is 6. The van der Waals surface area contributed by atoms with Crippen LogP contribution in [0.5, 0.6) is 11.5 Å². The summed E-state index contributed by atoms with van der Waals surface area (Å²) < 4.78 is 39.1. The predicted molar refractivity (Wildman–Crippen MR) is 86.5 cm³/mol. The summed E-state index contributed by atoms with van der Waals surface area (Å²) in [6.07, 6.45) is 0. The molecule has 7 nitrogen and oxygen atoms in total. The molecule has 2 rings (SSSR count). The SMILES string of the molecule is COc1ccc(CNS(=O)(=O)c2c(C)nn(C)c2Cl)c(OC)c1. The average molecular weight is 360 g/mol. The fraction of sp³-hybridized carbons (Fsp3) is 0.357. The second kappa shape index (κ2) is 6.77. The Morgan fingerprint density at radius 2 is 2.00 bits per heavy atom. The molecular formula is C14H18ClN3O4S. The van der Waals surface area contributed by atoms with Gasteiger partial charge in [0.05, 0.1) is 19.9 Å². The van der Waals surface area contributed by atoms with E-state index in [0.717, 1.165) is 0 Å². The van der Waals surface area contributed by atoms with Crippen LogP contribution < -0.4 is 14.2 Å². The number of aromatic nitrogens is 2. The summed E-state index contributed by atoms with van der Waals surface area (Å²) in [6, 6.07) is 5.15. The zero-order valence-corrected chi connectivity index (χ0v) is 14.8. The van der Waals surface area contributed by atoms with E-state index in [1.165, 1.54) is 11.8 Å². The van der Waals surface area contributed by atoms with Crippen LogP contribution in [0, 0.1) is 6.92 Å². The highest BCUT2D eigenvalue weighted by Gasteiger charge is 2.25. The molecule has 0 saturated carbocycles. The molecule has 0 aliphatic carbocycles. The normalized spacial score (nSPS) is 11.5. The molecule has 1 aromatic heterocycles. The van der Waals surface area contributed by atoms with E-state index in [1.807, 2.05) is 0 Å². The van der Waals surface area contributed by atoms with E-state index in [1.54, 1.807) is 39.3 Å². The quantitative estimate of drug-likeness (QED) is 0.851. The molecule has 9 heteroatoms. The molecule has 0 atom stereocenters. The first-order valence-electron chi connectivity index (χ1n) is 6.69. The minimum absolute atomic E-state index is 0.0193. The zero-order valence-electron chi connectivity index (χ0n) is 13.3. The molecule has 2 aromatic rings. The number of aryl methyl sites for hydroxylation is 2. The summed E-state index contributed by atoms with van der Waals surface area (Å²) in [5.74, 6) is 1.15. The van der Waals surface area contributed by atoms with Crippen molar-refractivity contribution in [2.24, 2.45) is 7.05 Å². The van der Waals surface area contributed by atoms with Gasteiger partial charge in [-0.2, -0.15) is 5.10 Å². The maximum Gasteiger partial charge on any atom is 0.245 e. The summed E-state index contributed by atoms with van der Waals surface area (Å²) in [5.41, 5.74) is 1.02. The van der Waals surface area contributed by atoms with Crippen molar-refractivity contribution in [3.63, 3.8) is 0 Å². The van der Waals surface area contributed by atoms with Crippen LogP contribution in [-0.4, -0.2) is 32.4 Å². The van der Waals surface area contributed by atoms with Gasteiger partial charge in [0.2, 0.25) is 10.0 Å². The van der Waals surface area contributed by atoms with Gasteiger partial charge < -0.3 is 9.47 Å². The topological polar surface area (TPSA) is 82.5 Å². The first kappa shape index (κ1) is 17.6. The molecule has 1 aromatic carbocycles. The van der Waals surface area contributed by atoms with Gasteiger partial charge in [-0.3, -0.25) is 4.68 Å². The van der Waals surface area contributed by atoms with E-state index >= 15 is 0 Å². The van der Waals surface area contributed by atoms with Gasteiger partial charge in [-0.25, -0.2) is 13.1 Å². The Hall–Kier alpha value is -1.77. The lowest BCUT2D eigenvalue weighted by Crippen LogP contribution is -2.24. The van der Waals surface area contributed by atoms with Crippen LogP contribution in [0.25, 0.3) is 0 Å². The Bertz CT molecular complexity index is 818. The van der Waals surface area contributed by atoms with Gasteiger partial charge in [0.1, 0.15) is 21.5 Å². The molecule has 0 aliphatic rings. The van der Waals surface area contributed by atoms with Crippen LogP contribution in [0.4, 0.5) is 0 Å². The van der Waals surface area contributed by atoms with Gasteiger partial charge in [0.15, 0.2) is 0 Å². The molecule has 0 amide bonds. The van der Waals surface area contributed by atoms with E-state index < -0.39 is 10.0 Å². The van der Waals surface area contributed by atoms with Crippen LogP contribution in [0.3, 0.4) is 0 Å². The highest BCUT2D eigenvalue weighted by atomic mass is 35.5. The molecule has 1 heterocycles. The van der Waals surface area contributed by atoms with Crippen molar-refractivity contribution in [1.82, 2.24) is 14.5 Å². The van der Waals surface area contributed by atoms with Crippen LogP contribution in [0.2, 0.25) is 5.15 Å². The highest BCUT2D eigenvalue weighted by Crippen LogP contribution is 2.27. The van der Waals surface area contributed by atoms with Crippen LogP contribution in [0.1, 0.15) is 11.3 Å². The summed E-state index contributed by atoms with van der Waals surface area (Å²) in [6.45, 7) is 1.65. The third-order valence-electron chi connectivity index (χ3n) is 3.32. The molecule has 0 radical (unpaired) electrons. The Morgan fingerprint density at radius 3 is 2.52 bits per heavy atom. The molecule has 23 heavy (non-hydrogen) atoms. The Kier molecular flexibility index (Phi) is 5.18. The Labute approximate surface area is 140 Å². The highest BCUT2D eigenvalue weighted by molar-refractivity contribution is 7.89. The van der Waals surface area contributed by atoms with Crippen molar-refractivity contribution >= 4 is 21.6 Å². The smallest absolute Gasteiger partial charge is 0.245 e. The number of ether oxygens (including phenoxy) is 2. The van der Waals surface area contributed by atoms with E-state index in [-0.39, 0.29) is 16.6 Å². The number of nitrogens with one attached hydrogen (secondary N) is 1. The lowest BCUT2D eigenvalue weighted by Gasteiger charge is -2.11. The summed E-state index contributed by atoms with van der Waals surface area (Å²) in [7, 11) is 0.847. The molecule has 0 saturated heterocycles. The second-order valence-electron chi connectivity index (χ2n) is 4.83. The third kappa shape index (κ3) is 3.60. The number of nitrogens with zero attached hydrogens (tertiary/aromatic N) is 2. The lowest BCUT2D eigenvalue weighted by molar-refractivity contribution is 0.390. The monoisotopic (exact) mass is 359 g/mol. The van der Waals surface area contributed by atoms with Gasteiger partial charge in [0, 0.05) is 25.2 Å². The van der Waals surface area contributed by atoms with Crippen LogP contribution >= 0.6 is 11.6 Å². The lowest BCUT2D eigenvalue weighted by atomic mass is 10.2. The molecular weight excluding hydrogens is 342 g/mol. The van der Waals surface area contributed by atoms with Gasteiger partial charge in [0.25, 0.3) is 0 Å². The van der Waals surface area contributed by atoms with Gasteiger partial charge >= 0.3 is 0 Å². The minimum atomic E-state index is -3.79. The minimum Gasteiger partial charge on any atom is -0.497 e. The van der Waals surface area contributed by atoms with Crippen LogP contribution in [0.15, 0.2) is 23.1 Å². The molecule has 0 bridgehead atoms. The van der Waals surface area contributed by atoms with Crippen molar-refractivity contribution in [2.45, 2.75) is 18.4 Å². The van der Waals surface area contributed by atoms with E-state index in [0.29, 0.717) is 22.8 Å². The first-order valence-corrected chi connectivity index (χ1v) is 8.56. The molecule has 0 aliphatic heterocycles. The second-order valence-corrected chi connectivity index (χ2v) is 6.89. The number of sulfonamides is 1. The summed E-state index contributed by atoms with van der Waals surface area (Å²) in [4.78, 5) is -0.0193. The molecule has 0 unspecified atom stereocenters. The molecule has 0 spiro atoms. The maximum absolute atomic E-state index is 12.5. The largest absolute Gasteiger partial charge is 0.497 e. The van der Waals surface area contributed by atoms with E-state index in [2.05, 4.69) is 9.82 Å². The number of methoxy groups -OCH3 is 2. The van der Waals surface area contributed by atoms with Crippen molar-refractivity contribution < 1.29 is 17.9 Å². The van der Waals surface area contributed by atoms with Crippen molar-refractivity contribution in [2.75, 3.05) is 14.2 Å². The first-order chi connectivity index (χ1) is 10.8. The number of hydrogen-bond acceptors (Lipinski definition) is 5. The van der Waals surface area contributed by atoms with Gasteiger partial charge in [-0.1, -0.05) is 17.7 Å². The van der Waals surface area contributed by atoms with E-state index in [9.17, 15) is 8.42 Å². The molecule has 0 fully saturated rings. The van der Waals surface area contributed by atoms with Crippen LogP contribution in [-0.2, 0) is 23.6 Å². The summed E-state index contributed by atoms with van der Waals surface area (Å²) in [5, 5.41) is 4.08. The van der Waals surface area contributed by atoms with E-state index in [4.69, 9.17) is 21.1 Å². The Morgan fingerprint density at radius 1 is 1.30 bits per heavy atom. The number of halogens is 1.